The summed E-state index contributed by atoms with van der Waals surface area (Å²) in [7, 11) is 0. The number of hydrogen-bond acceptors (Lipinski definition) is 2. The van der Waals surface area contributed by atoms with E-state index in [-0.39, 0.29) is 18.0 Å². The van der Waals surface area contributed by atoms with Crippen molar-refractivity contribution in [1.29, 1.82) is 0 Å². The fourth-order valence-corrected chi connectivity index (χ4v) is 1.95. The van der Waals surface area contributed by atoms with E-state index in [9.17, 15) is 4.39 Å². The summed E-state index contributed by atoms with van der Waals surface area (Å²) >= 11 is 0. The quantitative estimate of drug-likeness (QED) is 0.832. The van der Waals surface area contributed by atoms with Crippen LogP contribution in [0.3, 0.4) is 0 Å². The second kappa shape index (κ2) is 4.93. The van der Waals surface area contributed by atoms with Gasteiger partial charge in [0.1, 0.15) is 5.82 Å². The van der Waals surface area contributed by atoms with Gasteiger partial charge in [0.25, 0.3) is 0 Å². The maximum atomic E-state index is 13.4. The molecule has 2 nitrogen and oxygen atoms in total. The molecule has 0 saturated carbocycles. The second-order valence-electron chi connectivity index (χ2n) is 4.32. The standard InChI is InChI=1S/C13H18FNO/c1-3-11-7-15-8-13(16-11)10-5-4-9(2)12(14)6-10/h4-6,11,13,15H,3,7-8H2,1-2H3. The van der Waals surface area contributed by atoms with Crippen LogP contribution in [0.4, 0.5) is 4.39 Å². The Bertz CT molecular complexity index is 367. The van der Waals surface area contributed by atoms with Crippen molar-refractivity contribution < 1.29 is 9.13 Å². The molecule has 0 bridgehead atoms. The maximum absolute atomic E-state index is 13.4. The zero-order valence-electron chi connectivity index (χ0n) is 9.79. The van der Waals surface area contributed by atoms with Gasteiger partial charge in [-0.3, -0.25) is 0 Å². The van der Waals surface area contributed by atoms with Crippen LogP contribution < -0.4 is 5.32 Å². The van der Waals surface area contributed by atoms with Crippen LogP contribution in [0.25, 0.3) is 0 Å². The van der Waals surface area contributed by atoms with E-state index in [1.54, 1.807) is 13.0 Å². The molecule has 1 aliphatic rings. The van der Waals surface area contributed by atoms with Crippen LogP contribution in [0, 0.1) is 12.7 Å². The van der Waals surface area contributed by atoms with Gasteiger partial charge in [0.05, 0.1) is 12.2 Å². The molecule has 0 aliphatic carbocycles. The van der Waals surface area contributed by atoms with Gasteiger partial charge >= 0.3 is 0 Å². The second-order valence-corrected chi connectivity index (χ2v) is 4.32. The molecular weight excluding hydrogens is 205 g/mol. The highest BCUT2D eigenvalue weighted by Crippen LogP contribution is 2.23. The Morgan fingerprint density at radius 2 is 2.25 bits per heavy atom. The zero-order valence-corrected chi connectivity index (χ0v) is 9.79. The van der Waals surface area contributed by atoms with Crippen LogP contribution in [0.15, 0.2) is 18.2 Å². The van der Waals surface area contributed by atoms with E-state index in [2.05, 4.69) is 12.2 Å². The van der Waals surface area contributed by atoms with Gasteiger partial charge in [-0.1, -0.05) is 19.1 Å². The Labute approximate surface area is 95.8 Å². The average molecular weight is 223 g/mol. The first-order chi connectivity index (χ1) is 7.70. The molecule has 2 rings (SSSR count). The van der Waals surface area contributed by atoms with E-state index < -0.39 is 0 Å². The molecule has 1 aromatic carbocycles. The number of ether oxygens (including phenoxy) is 1. The molecule has 16 heavy (non-hydrogen) atoms. The Balaban J connectivity index is 2.13. The predicted molar refractivity (Wildman–Crippen MR) is 61.9 cm³/mol. The van der Waals surface area contributed by atoms with Crippen LogP contribution in [0.2, 0.25) is 0 Å². The summed E-state index contributed by atoms with van der Waals surface area (Å²) < 4.78 is 19.3. The Kier molecular flexibility index (Phi) is 3.56. The highest BCUT2D eigenvalue weighted by Gasteiger charge is 2.22. The third kappa shape index (κ3) is 2.42. The Morgan fingerprint density at radius 1 is 1.44 bits per heavy atom. The lowest BCUT2D eigenvalue weighted by Gasteiger charge is -2.30. The van der Waals surface area contributed by atoms with Gasteiger partial charge in [-0.2, -0.15) is 0 Å². The van der Waals surface area contributed by atoms with E-state index in [0.717, 1.165) is 25.1 Å². The summed E-state index contributed by atoms with van der Waals surface area (Å²) in [5, 5.41) is 3.32. The van der Waals surface area contributed by atoms with Crippen molar-refractivity contribution in [3.63, 3.8) is 0 Å². The van der Waals surface area contributed by atoms with Crippen molar-refractivity contribution in [2.45, 2.75) is 32.5 Å². The van der Waals surface area contributed by atoms with E-state index in [1.807, 2.05) is 12.1 Å². The van der Waals surface area contributed by atoms with Crippen molar-refractivity contribution in [2.24, 2.45) is 0 Å². The van der Waals surface area contributed by atoms with Crippen molar-refractivity contribution in [2.75, 3.05) is 13.1 Å². The van der Waals surface area contributed by atoms with E-state index >= 15 is 0 Å². The minimum atomic E-state index is -0.153. The molecule has 0 radical (unpaired) electrons. The summed E-state index contributed by atoms with van der Waals surface area (Å²) in [5.74, 6) is -0.153. The number of halogens is 1. The van der Waals surface area contributed by atoms with Crippen LogP contribution >= 0.6 is 0 Å². The van der Waals surface area contributed by atoms with Crippen molar-refractivity contribution >= 4 is 0 Å². The van der Waals surface area contributed by atoms with Crippen LogP contribution in [-0.2, 0) is 4.74 Å². The van der Waals surface area contributed by atoms with E-state index in [0.29, 0.717) is 5.56 Å². The highest BCUT2D eigenvalue weighted by molar-refractivity contribution is 5.25. The van der Waals surface area contributed by atoms with Gasteiger partial charge in [0.15, 0.2) is 0 Å². The first kappa shape index (κ1) is 11.6. The lowest BCUT2D eigenvalue weighted by molar-refractivity contribution is -0.0401. The van der Waals surface area contributed by atoms with Gasteiger partial charge in [-0.15, -0.1) is 0 Å². The average Bonchev–Trinajstić information content (AvgIpc) is 2.33. The molecule has 2 unspecified atom stereocenters. The van der Waals surface area contributed by atoms with E-state index in [1.165, 1.54) is 0 Å². The molecule has 1 heterocycles. The first-order valence-corrected chi connectivity index (χ1v) is 5.83. The van der Waals surface area contributed by atoms with Crippen molar-refractivity contribution in [3.05, 3.63) is 35.1 Å². The molecule has 1 aliphatic heterocycles. The number of benzene rings is 1. The number of rotatable bonds is 2. The van der Waals surface area contributed by atoms with Gasteiger partial charge in [-0.25, -0.2) is 4.39 Å². The summed E-state index contributed by atoms with van der Waals surface area (Å²) in [6.45, 7) is 5.53. The van der Waals surface area contributed by atoms with Crippen LogP contribution in [-0.4, -0.2) is 19.2 Å². The lowest BCUT2D eigenvalue weighted by atomic mass is 10.0. The van der Waals surface area contributed by atoms with Crippen LogP contribution in [0.5, 0.6) is 0 Å². The number of nitrogens with one attached hydrogen (secondary N) is 1. The maximum Gasteiger partial charge on any atom is 0.126 e. The number of hydrogen-bond donors (Lipinski definition) is 1. The lowest BCUT2D eigenvalue weighted by Crippen LogP contribution is -2.40. The minimum absolute atomic E-state index is 0.0196. The predicted octanol–water partition coefficient (Wildman–Crippen LogP) is 2.57. The zero-order chi connectivity index (χ0) is 11.5. The number of aryl methyl sites for hydroxylation is 1. The highest BCUT2D eigenvalue weighted by atomic mass is 19.1. The largest absolute Gasteiger partial charge is 0.368 e. The molecule has 1 fully saturated rings. The summed E-state index contributed by atoms with van der Waals surface area (Å²) in [4.78, 5) is 0. The summed E-state index contributed by atoms with van der Waals surface area (Å²) in [5.41, 5.74) is 1.60. The van der Waals surface area contributed by atoms with Crippen molar-refractivity contribution in [1.82, 2.24) is 5.32 Å². The van der Waals surface area contributed by atoms with Gasteiger partial charge in [-0.05, 0) is 30.5 Å². The van der Waals surface area contributed by atoms with Gasteiger partial charge < -0.3 is 10.1 Å². The molecule has 0 amide bonds. The Morgan fingerprint density at radius 3 is 2.94 bits per heavy atom. The minimum Gasteiger partial charge on any atom is -0.368 e. The molecule has 1 aromatic rings. The molecule has 3 heteroatoms. The third-order valence-electron chi connectivity index (χ3n) is 3.08. The molecular formula is C13H18FNO. The SMILES string of the molecule is CCC1CNCC(c2ccc(C)c(F)c2)O1. The number of morpholine rings is 1. The monoisotopic (exact) mass is 223 g/mol. The fraction of sp³-hybridized carbons (Fsp3) is 0.538. The normalized spacial score (nSPS) is 25.7. The van der Waals surface area contributed by atoms with E-state index in [4.69, 9.17) is 4.74 Å². The molecule has 0 aromatic heterocycles. The molecule has 1 N–H and O–H groups in total. The first-order valence-electron chi connectivity index (χ1n) is 5.83. The molecule has 88 valence electrons. The fourth-order valence-electron chi connectivity index (χ4n) is 1.95. The molecule has 1 saturated heterocycles. The smallest absolute Gasteiger partial charge is 0.126 e. The summed E-state index contributed by atoms with van der Waals surface area (Å²) in [6, 6.07) is 5.34. The molecule has 2 atom stereocenters. The topological polar surface area (TPSA) is 21.3 Å². The molecule has 0 spiro atoms. The van der Waals surface area contributed by atoms with Crippen molar-refractivity contribution in [3.8, 4) is 0 Å². The van der Waals surface area contributed by atoms with Crippen LogP contribution in [0.1, 0.15) is 30.6 Å². The van der Waals surface area contributed by atoms with Gasteiger partial charge in [0.2, 0.25) is 0 Å². The van der Waals surface area contributed by atoms with Gasteiger partial charge in [0, 0.05) is 13.1 Å². The Hall–Kier alpha value is -0.930. The third-order valence-corrected chi connectivity index (χ3v) is 3.08. The summed E-state index contributed by atoms with van der Waals surface area (Å²) in [6.07, 6.45) is 1.20.